The molecule has 0 bridgehead atoms. The molecule has 0 aliphatic heterocycles. The van der Waals surface area contributed by atoms with E-state index in [-0.39, 0.29) is 38.6 Å². The molecule has 60 heavy (non-hydrogen) atoms. The Hall–Kier alpha value is -5.43. The van der Waals surface area contributed by atoms with Crippen molar-refractivity contribution in [2.45, 2.75) is 111 Å². The molecule has 0 saturated heterocycles. The molecule has 8 aromatic rings. The summed E-state index contributed by atoms with van der Waals surface area (Å²) in [5.74, 6) is -1.76. The van der Waals surface area contributed by atoms with E-state index in [0.29, 0.717) is 22.1 Å². The standard InChI is InChI=1S/C53H53F5N2/c1-49(2,3)30-16-20-35-36-21-17-31(50(4,5)6)25-42(36)59(41(35)24-30)45-28-34(53(56,57)58)29-46(48(45)47-39(54)14-13-15-40(47)55)60-43-26-32(51(7,8)9)18-22-37(43)38-23-19-33(27-44(38)60)52(10,11)12/h13-29H,1-12H3. The molecule has 0 saturated carbocycles. The number of aromatic nitrogens is 2. The van der Waals surface area contributed by atoms with Crippen LogP contribution < -0.4 is 0 Å². The summed E-state index contributed by atoms with van der Waals surface area (Å²) in [6, 6.07) is 30.1. The van der Waals surface area contributed by atoms with Crippen LogP contribution in [0.2, 0.25) is 0 Å². The zero-order valence-electron chi connectivity index (χ0n) is 36.6. The largest absolute Gasteiger partial charge is 0.416 e. The predicted octanol–water partition coefficient (Wildman–Crippen LogP) is 16.0. The van der Waals surface area contributed by atoms with E-state index >= 15 is 22.0 Å². The van der Waals surface area contributed by atoms with Gasteiger partial charge in [0.25, 0.3) is 0 Å². The van der Waals surface area contributed by atoms with Gasteiger partial charge in [-0.3, -0.25) is 0 Å². The molecule has 2 aromatic heterocycles. The number of hydrogen-bond acceptors (Lipinski definition) is 0. The van der Waals surface area contributed by atoms with Crippen LogP contribution in [0.1, 0.15) is 111 Å². The number of benzene rings is 6. The summed E-state index contributed by atoms with van der Waals surface area (Å²) < 4.78 is 84.2. The third-order valence-corrected chi connectivity index (χ3v) is 12.1. The zero-order chi connectivity index (χ0) is 43.6. The summed E-state index contributed by atoms with van der Waals surface area (Å²) in [7, 11) is 0. The van der Waals surface area contributed by atoms with Gasteiger partial charge in [-0.1, -0.05) is 138 Å². The molecule has 7 heteroatoms. The summed E-state index contributed by atoms with van der Waals surface area (Å²) in [5.41, 5.74) is 3.87. The number of alkyl halides is 3. The third-order valence-electron chi connectivity index (χ3n) is 12.1. The topological polar surface area (TPSA) is 9.86 Å². The molecular formula is C53H53F5N2. The van der Waals surface area contributed by atoms with E-state index in [2.05, 4.69) is 107 Å². The summed E-state index contributed by atoms with van der Waals surface area (Å²) in [6.07, 6.45) is -4.83. The van der Waals surface area contributed by atoms with E-state index in [1.54, 1.807) is 0 Å². The van der Waals surface area contributed by atoms with Crippen molar-refractivity contribution in [1.29, 1.82) is 0 Å². The molecule has 0 unspecified atom stereocenters. The fraction of sp³-hybridized carbons (Fsp3) is 0.321. The Kier molecular flexibility index (Phi) is 9.32. The van der Waals surface area contributed by atoms with Crippen molar-refractivity contribution in [3.63, 3.8) is 0 Å². The maximum atomic E-state index is 16.8. The number of nitrogens with zero attached hydrogens (tertiary/aromatic N) is 2. The quantitative estimate of drug-likeness (QED) is 0.157. The SMILES string of the molecule is CC(C)(C)c1ccc2c3ccc(C(C)(C)C)cc3n(-c3cc(C(F)(F)F)cc(-n4c5cc(C(C)(C)C)ccc5c5ccc(C(C)(C)C)cc54)c3-c3c(F)cccc3F)c2c1. The monoisotopic (exact) mass is 812 g/mol. The Balaban J connectivity index is 1.69. The van der Waals surface area contributed by atoms with E-state index in [1.165, 1.54) is 18.2 Å². The minimum Gasteiger partial charge on any atom is -0.309 e. The van der Waals surface area contributed by atoms with Gasteiger partial charge in [-0.05, 0) is 92.4 Å². The number of rotatable bonds is 3. The van der Waals surface area contributed by atoms with E-state index in [0.717, 1.165) is 55.9 Å². The molecule has 2 heterocycles. The lowest BCUT2D eigenvalue weighted by Crippen LogP contribution is -2.14. The number of halogens is 5. The molecule has 0 fully saturated rings. The van der Waals surface area contributed by atoms with Crippen LogP contribution in [0.5, 0.6) is 0 Å². The van der Waals surface area contributed by atoms with Crippen LogP contribution in [-0.2, 0) is 27.8 Å². The summed E-state index contributed by atoms with van der Waals surface area (Å²) in [6.45, 7) is 25.0. The van der Waals surface area contributed by atoms with E-state index < -0.39 is 28.9 Å². The van der Waals surface area contributed by atoms with Gasteiger partial charge in [0, 0.05) is 27.1 Å². The lowest BCUT2D eigenvalue weighted by molar-refractivity contribution is -0.137. The molecule has 2 nitrogen and oxygen atoms in total. The summed E-state index contributed by atoms with van der Waals surface area (Å²) in [5, 5.41) is 3.27. The first-order valence-electron chi connectivity index (χ1n) is 20.6. The molecule has 6 aromatic carbocycles. The maximum absolute atomic E-state index is 16.8. The van der Waals surface area contributed by atoms with Crippen LogP contribution in [0.15, 0.2) is 103 Å². The van der Waals surface area contributed by atoms with E-state index in [4.69, 9.17) is 0 Å². The Morgan fingerprint density at radius 3 is 0.883 bits per heavy atom. The van der Waals surface area contributed by atoms with Gasteiger partial charge in [0.2, 0.25) is 0 Å². The summed E-state index contributed by atoms with van der Waals surface area (Å²) >= 11 is 0. The first-order chi connectivity index (χ1) is 27.7. The van der Waals surface area contributed by atoms with Crippen LogP contribution in [0, 0.1) is 11.6 Å². The van der Waals surface area contributed by atoms with Crippen molar-refractivity contribution >= 4 is 43.6 Å². The van der Waals surface area contributed by atoms with Crippen LogP contribution in [0.4, 0.5) is 22.0 Å². The molecule has 310 valence electrons. The smallest absolute Gasteiger partial charge is 0.309 e. The highest BCUT2D eigenvalue weighted by molar-refractivity contribution is 6.12. The summed E-state index contributed by atoms with van der Waals surface area (Å²) in [4.78, 5) is 0. The Bertz CT molecular complexity index is 2680. The molecular weight excluding hydrogens is 760 g/mol. The van der Waals surface area contributed by atoms with Gasteiger partial charge in [-0.2, -0.15) is 13.2 Å². The van der Waals surface area contributed by atoms with Gasteiger partial charge in [0.05, 0.1) is 44.6 Å². The Labute approximate surface area is 349 Å². The van der Waals surface area contributed by atoms with E-state index in [9.17, 15) is 0 Å². The van der Waals surface area contributed by atoms with Crippen LogP contribution in [0.3, 0.4) is 0 Å². The van der Waals surface area contributed by atoms with Crippen LogP contribution in [-0.4, -0.2) is 9.13 Å². The van der Waals surface area contributed by atoms with Gasteiger partial charge in [0.1, 0.15) is 11.6 Å². The fourth-order valence-electron chi connectivity index (χ4n) is 8.54. The van der Waals surface area contributed by atoms with Gasteiger partial charge in [-0.15, -0.1) is 0 Å². The van der Waals surface area contributed by atoms with Crippen molar-refractivity contribution in [3.05, 3.63) is 143 Å². The normalized spacial score (nSPS) is 13.4. The van der Waals surface area contributed by atoms with Crippen molar-refractivity contribution in [2.75, 3.05) is 0 Å². The lowest BCUT2D eigenvalue weighted by Gasteiger charge is -2.25. The maximum Gasteiger partial charge on any atom is 0.416 e. The van der Waals surface area contributed by atoms with Gasteiger partial charge >= 0.3 is 6.18 Å². The first-order valence-corrected chi connectivity index (χ1v) is 20.6. The number of fused-ring (bicyclic) bond motifs is 6. The molecule has 0 atom stereocenters. The molecule has 0 aliphatic rings. The average molecular weight is 813 g/mol. The molecule has 8 rings (SSSR count). The molecule has 0 N–H and O–H groups in total. The van der Waals surface area contributed by atoms with Crippen molar-refractivity contribution in [3.8, 4) is 22.5 Å². The van der Waals surface area contributed by atoms with Gasteiger partial charge in [0.15, 0.2) is 0 Å². The van der Waals surface area contributed by atoms with Crippen molar-refractivity contribution in [1.82, 2.24) is 9.13 Å². The average Bonchev–Trinajstić information content (AvgIpc) is 3.64. The molecule has 0 aliphatic carbocycles. The van der Waals surface area contributed by atoms with Gasteiger partial charge < -0.3 is 9.13 Å². The van der Waals surface area contributed by atoms with Gasteiger partial charge in [-0.25, -0.2) is 8.78 Å². The number of hydrogen-bond donors (Lipinski definition) is 0. The predicted molar refractivity (Wildman–Crippen MR) is 240 cm³/mol. The Morgan fingerprint density at radius 1 is 0.350 bits per heavy atom. The second kappa shape index (κ2) is 13.5. The van der Waals surface area contributed by atoms with E-state index in [1.807, 2.05) is 57.7 Å². The van der Waals surface area contributed by atoms with Crippen LogP contribution >= 0.6 is 0 Å². The zero-order valence-corrected chi connectivity index (χ0v) is 36.6. The second-order valence-corrected chi connectivity index (χ2v) is 20.6. The fourth-order valence-corrected chi connectivity index (χ4v) is 8.54. The minimum atomic E-state index is -4.83. The molecule has 0 spiro atoms. The molecule has 0 amide bonds. The van der Waals surface area contributed by atoms with Crippen LogP contribution in [0.25, 0.3) is 66.1 Å². The highest BCUT2D eigenvalue weighted by atomic mass is 19.4. The second-order valence-electron chi connectivity index (χ2n) is 20.6. The third kappa shape index (κ3) is 6.88. The van der Waals surface area contributed by atoms with Crippen molar-refractivity contribution < 1.29 is 22.0 Å². The lowest BCUT2D eigenvalue weighted by atomic mass is 9.86. The minimum absolute atomic E-state index is 0.0147. The highest BCUT2D eigenvalue weighted by Gasteiger charge is 2.36. The first kappa shape index (κ1) is 41.3. The molecule has 0 radical (unpaired) electrons. The Morgan fingerprint density at radius 2 is 0.633 bits per heavy atom. The van der Waals surface area contributed by atoms with Crippen molar-refractivity contribution in [2.24, 2.45) is 0 Å². The highest BCUT2D eigenvalue weighted by Crippen LogP contribution is 2.48.